The molecule has 0 saturated heterocycles. The molecule has 0 bridgehead atoms. The lowest BCUT2D eigenvalue weighted by molar-refractivity contribution is -0.124. The molecule has 1 amide bonds. The summed E-state index contributed by atoms with van der Waals surface area (Å²) in [4.78, 5) is 12.4. The Labute approximate surface area is 146 Å². The van der Waals surface area contributed by atoms with Crippen LogP contribution in [0.4, 0.5) is 4.39 Å². The van der Waals surface area contributed by atoms with Crippen LogP contribution in [0.1, 0.15) is 28.8 Å². The van der Waals surface area contributed by atoms with Crippen LogP contribution in [0.2, 0.25) is 0 Å². The summed E-state index contributed by atoms with van der Waals surface area (Å²) in [6, 6.07) is 12.6. The average molecular weight is 351 g/mol. The van der Waals surface area contributed by atoms with Crippen LogP contribution in [0, 0.1) is 5.82 Å². The smallest absolute Gasteiger partial charge is 0.241 e. The van der Waals surface area contributed by atoms with E-state index < -0.39 is 6.04 Å². The number of carbonyl (C=O) groups excluding carboxylic acids is 1. The predicted molar refractivity (Wildman–Crippen MR) is 92.4 cm³/mol. The maximum Gasteiger partial charge on any atom is 0.241 e. The standard InChI is InChI=1S/C18H19FN2O2.ClH/c1-23-17-14-5-3-2-4-12(14)10-15(17)21-18(22)16(20)11-6-8-13(19)9-7-11;/h2-9,15-17H,10,20H2,1H3,(H,21,22);1H/t15-,16+,17-;/m1./s1. The van der Waals surface area contributed by atoms with E-state index in [2.05, 4.69) is 5.32 Å². The molecule has 3 rings (SSSR count). The monoisotopic (exact) mass is 350 g/mol. The first-order valence-corrected chi connectivity index (χ1v) is 7.52. The van der Waals surface area contributed by atoms with Crippen LogP contribution >= 0.6 is 12.4 Å². The van der Waals surface area contributed by atoms with E-state index in [1.807, 2.05) is 24.3 Å². The van der Waals surface area contributed by atoms with Crippen molar-refractivity contribution < 1.29 is 13.9 Å². The summed E-state index contributed by atoms with van der Waals surface area (Å²) in [6.45, 7) is 0. The van der Waals surface area contributed by atoms with E-state index in [1.54, 1.807) is 7.11 Å². The third kappa shape index (κ3) is 3.59. The van der Waals surface area contributed by atoms with Gasteiger partial charge in [-0.2, -0.15) is 0 Å². The van der Waals surface area contributed by atoms with E-state index in [0.29, 0.717) is 12.0 Å². The normalized spacial score (nSPS) is 20.0. The lowest BCUT2D eigenvalue weighted by Crippen LogP contribution is -2.43. The highest BCUT2D eigenvalue weighted by Crippen LogP contribution is 2.33. The van der Waals surface area contributed by atoms with E-state index in [9.17, 15) is 9.18 Å². The molecule has 128 valence electrons. The molecule has 24 heavy (non-hydrogen) atoms. The van der Waals surface area contributed by atoms with Crippen LogP contribution in [0.5, 0.6) is 0 Å². The molecule has 2 aromatic carbocycles. The van der Waals surface area contributed by atoms with Crippen molar-refractivity contribution in [3.63, 3.8) is 0 Å². The molecular weight excluding hydrogens is 331 g/mol. The van der Waals surface area contributed by atoms with Crippen molar-refractivity contribution in [2.45, 2.75) is 24.6 Å². The molecule has 3 N–H and O–H groups in total. The van der Waals surface area contributed by atoms with Gasteiger partial charge in [0.2, 0.25) is 5.91 Å². The molecule has 2 aromatic rings. The van der Waals surface area contributed by atoms with Gasteiger partial charge in [0.1, 0.15) is 18.0 Å². The number of ether oxygens (including phenoxy) is 1. The largest absolute Gasteiger partial charge is 0.375 e. The van der Waals surface area contributed by atoms with Crippen LogP contribution in [0.15, 0.2) is 48.5 Å². The van der Waals surface area contributed by atoms with E-state index in [0.717, 1.165) is 5.56 Å². The van der Waals surface area contributed by atoms with Gasteiger partial charge in [0.05, 0.1) is 6.04 Å². The number of methoxy groups -OCH3 is 1. The fourth-order valence-corrected chi connectivity index (χ4v) is 3.07. The number of amides is 1. The van der Waals surface area contributed by atoms with Gasteiger partial charge in [0.25, 0.3) is 0 Å². The van der Waals surface area contributed by atoms with Crippen LogP contribution < -0.4 is 11.1 Å². The van der Waals surface area contributed by atoms with Gasteiger partial charge in [0, 0.05) is 7.11 Å². The molecular formula is C18H20ClFN2O2. The highest BCUT2D eigenvalue weighted by atomic mass is 35.5. The second-order valence-electron chi connectivity index (χ2n) is 5.70. The molecule has 1 aliphatic rings. The number of nitrogens with one attached hydrogen (secondary N) is 1. The Balaban J connectivity index is 0.00000208. The second-order valence-corrected chi connectivity index (χ2v) is 5.70. The number of halogens is 2. The summed E-state index contributed by atoms with van der Waals surface area (Å²) in [5.41, 5.74) is 8.82. The van der Waals surface area contributed by atoms with Crippen molar-refractivity contribution in [3.8, 4) is 0 Å². The van der Waals surface area contributed by atoms with Crippen molar-refractivity contribution >= 4 is 18.3 Å². The third-order valence-corrected chi connectivity index (χ3v) is 4.26. The van der Waals surface area contributed by atoms with Gasteiger partial charge in [-0.15, -0.1) is 12.4 Å². The summed E-state index contributed by atoms with van der Waals surface area (Å²) < 4.78 is 18.5. The minimum Gasteiger partial charge on any atom is -0.375 e. The van der Waals surface area contributed by atoms with Crippen LogP contribution in [0.3, 0.4) is 0 Å². The predicted octanol–water partition coefficient (Wildman–Crippen LogP) is 2.68. The third-order valence-electron chi connectivity index (χ3n) is 4.26. The Morgan fingerprint density at radius 2 is 1.92 bits per heavy atom. The number of nitrogens with two attached hydrogens (primary N) is 1. The van der Waals surface area contributed by atoms with Crippen molar-refractivity contribution in [1.82, 2.24) is 5.32 Å². The van der Waals surface area contributed by atoms with Gasteiger partial charge in [-0.1, -0.05) is 36.4 Å². The molecule has 3 atom stereocenters. The quantitative estimate of drug-likeness (QED) is 0.891. The minimum atomic E-state index is -0.836. The van der Waals surface area contributed by atoms with Gasteiger partial charge in [-0.25, -0.2) is 4.39 Å². The molecule has 0 aromatic heterocycles. The first-order chi connectivity index (χ1) is 11.1. The number of fused-ring (bicyclic) bond motifs is 1. The highest BCUT2D eigenvalue weighted by Gasteiger charge is 2.34. The van der Waals surface area contributed by atoms with Crippen molar-refractivity contribution in [3.05, 3.63) is 71.0 Å². The van der Waals surface area contributed by atoms with Gasteiger partial charge < -0.3 is 15.8 Å². The molecule has 0 radical (unpaired) electrons. The van der Waals surface area contributed by atoms with Gasteiger partial charge in [-0.05, 0) is 35.2 Å². The summed E-state index contributed by atoms with van der Waals surface area (Å²) in [7, 11) is 1.63. The van der Waals surface area contributed by atoms with Crippen molar-refractivity contribution in [2.24, 2.45) is 5.73 Å². The topological polar surface area (TPSA) is 64.3 Å². The van der Waals surface area contributed by atoms with Crippen LogP contribution in [-0.2, 0) is 16.0 Å². The molecule has 0 fully saturated rings. The second kappa shape index (κ2) is 7.75. The number of rotatable bonds is 4. The molecule has 6 heteroatoms. The van der Waals surface area contributed by atoms with E-state index in [-0.39, 0.29) is 36.3 Å². The van der Waals surface area contributed by atoms with Gasteiger partial charge >= 0.3 is 0 Å². The molecule has 1 aliphatic carbocycles. The van der Waals surface area contributed by atoms with Crippen LogP contribution in [0.25, 0.3) is 0 Å². The fourth-order valence-electron chi connectivity index (χ4n) is 3.07. The first kappa shape index (κ1) is 18.4. The minimum absolute atomic E-state index is 0. The van der Waals surface area contributed by atoms with Crippen LogP contribution in [-0.4, -0.2) is 19.1 Å². The zero-order chi connectivity index (χ0) is 16.4. The summed E-state index contributed by atoms with van der Waals surface area (Å²) in [5.74, 6) is -0.650. The maximum atomic E-state index is 13.0. The highest BCUT2D eigenvalue weighted by molar-refractivity contribution is 5.85. The van der Waals surface area contributed by atoms with E-state index in [1.165, 1.54) is 29.8 Å². The summed E-state index contributed by atoms with van der Waals surface area (Å²) >= 11 is 0. The number of carbonyl (C=O) groups is 1. The summed E-state index contributed by atoms with van der Waals surface area (Å²) in [6.07, 6.45) is 0.520. The molecule has 0 spiro atoms. The Kier molecular flexibility index (Phi) is 5.94. The lowest BCUT2D eigenvalue weighted by Gasteiger charge is -2.22. The Hall–Kier alpha value is -1.95. The summed E-state index contributed by atoms with van der Waals surface area (Å²) in [5, 5.41) is 2.96. The Morgan fingerprint density at radius 1 is 1.25 bits per heavy atom. The Morgan fingerprint density at radius 3 is 2.58 bits per heavy atom. The lowest BCUT2D eigenvalue weighted by atomic mass is 10.1. The van der Waals surface area contributed by atoms with Crippen molar-refractivity contribution in [2.75, 3.05) is 7.11 Å². The van der Waals surface area contributed by atoms with E-state index >= 15 is 0 Å². The fraction of sp³-hybridized carbons (Fsp3) is 0.278. The maximum absolute atomic E-state index is 13.0. The average Bonchev–Trinajstić information content (AvgIpc) is 2.91. The van der Waals surface area contributed by atoms with E-state index in [4.69, 9.17) is 10.5 Å². The number of hydrogen-bond donors (Lipinski definition) is 2. The Bertz CT molecular complexity index is 708. The van der Waals surface area contributed by atoms with Gasteiger partial charge in [-0.3, -0.25) is 4.79 Å². The zero-order valence-corrected chi connectivity index (χ0v) is 14.1. The first-order valence-electron chi connectivity index (χ1n) is 7.52. The number of benzene rings is 2. The molecule has 0 saturated carbocycles. The molecule has 0 unspecified atom stereocenters. The SMILES string of the molecule is CO[C@@H]1c2ccccc2C[C@H]1NC(=O)[C@@H](N)c1ccc(F)cc1.Cl. The number of hydrogen-bond acceptors (Lipinski definition) is 3. The zero-order valence-electron chi connectivity index (χ0n) is 13.2. The van der Waals surface area contributed by atoms with Gasteiger partial charge in [0.15, 0.2) is 0 Å². The molecule has 4 nitrogen and oxygen atoms in total. The van der Waals surface area contributed by atoms with Crippen molar-refractivity contribution in [1.29, 1.82) is 0 Å². The molecule has 0 heterocycles. The molecule has 0 aliphatic heterocycles.